The third-order valence-electron chi connectivity index (χ3n) is 6.86. The quantitative estimate of drug-likeness (QED) is 0.368. The Balaban J connectivity index is 1.28. The maximum absolute atomic E-state index is 5.54. The Kier molecular flexibility index (Phi) is 6.68. The molecule has 0 atom stereocenters. The number of fused-ring (bicyclic) bond motifs is 1. The molecule has 0 radical (unpaired) electrons. The van der Waals surface area contributed by atoms with Gasteiger partial charge in [0.1, 0.15) is 5.82 Å². The standard InChI is InChI=1S/C27H34N8O/c1-18(2)20-12-26(32-29-14-20)31-25-8-7-23-24(30-25)11-21(13-28-23)22-15-35(33-19(22)3)10-6-9-34-16-27(4,17-34)36-5/h7-8,11-15,18H,6,9-10,16-17H2,1-5H3,(H,30,31,32). The summed E-state index contributed by atoms with van der Waals surface area (Å²) in [5.74, 6) is 1.77. The third kappa shape index (κ3) is 5.22. The molecule has 188 valence electrons. The summed E-state index contributed by atoms with van der Waals surface area (Å²) < 4.78 is 7.57. The predicted molar refractivity (Wildman–Crippen MR) is 141 cm³/mol. The van der Waals surface area contributed by atoms with Crippen molar-refractivity contribution in [3.63, 3.8) is 0 Å². The van der Waals surface area contributed by atoms with Gasteiger partial charge in [-0.05, 0) is 56.0 Å². The molecule has 0 spiro atoms. The Hall–Kier alpha value is -3.43. The van der Waals surface area contributed by atoms with Gasteiger partial charge < -0.3 is 10.1 Å². The maximum Gasteiger partial charge on any atom is 0.154 e. The second-order valence-electron chi connectivity index (χ2n) is 10.2. The van der Waals surface area contributed by atoms with E-state index in [9.17, 15) is 0 Å². The largest absolute Gasteiger partial charge is 0.376 e. The lowest BCUT2D eigenvalue weighted by Crippen LogP contribution is -2.60. The van der Waals surface area contributed by atoms with Crippen molar-refractivity contribution in [1.82, 2.24) is 34.8 Å². The molecular formula is C27H34N8O. The topological polar surface area (TPSA) is 93.9 Å². The van der Waals surface area contributed by atoms with Gasteiger partial charge in [0, 0.05) is 56.8 Å². The normalized spacial score (nSPS) is 15.4. The number of likely N-dealkylation sites (tertiary alicyclic amines) is 1. The third-order valence-corrected chi connectivity index (χ3v) is 6.86. The molecule has 4 aromatic heterocycles. The molecular weight excluding hydrogens is 452 g/mol. The summed E-state index contributed by atoms with van der Waals surface area (Å²) in [4.78, 5) is 11.9. The van der Waals surface area contributed by atoms with E-state index in [4.69, 9.17) is 14.8 Å². The van der Waals surface area contributed by atoms with Crippen LogP contribution in [0.5, 0.6) is 0 Å². The van der Waals surface area contributed by atoms with Gasteiger partial charge in [-0.25, -0.2) is 4.98 Å². The maximum atomic E-state index is 5.54. The molecule has 5 rings (SSSR count). The van der Waals surface area contributed by atoms with E-state index >= 15 is 0 Å². The molecule has 4 aromatic rings. The Morgan fingerprint density at radius 3 is 2.69 bits per heavy atom. The molecule has 1 N–H and O–H groups in total. The molecule has 0 saturated carbocycles. The molecule has 36 heavy (non-hydrogen) atoms. The first-order valence-corrected chi connectivity index (χ1v) is 12.5. The van der Waals surface area contributed by atoms with E-state index in [2.05, 4.69) is 58.4 Å². The lowest BCUT2D eigenvalue weighted by molar-refractivity contribution is -0.111. The zero-order valence-corrected chi connectivity index (χ0v) is 21.7. The molecule has 1 aliphatic rings. The van der Waals surface area contributed by atoms with Crippen LogP contribution < -0.4 is 5.32 Å². The van der Waals surface area contributed by atoms with E-state index in [-0.39, 0.29) is 5.60 Å². The molecule has 9 nitrogen and oxygen atoms in total. The minimum absolute atomic E-state index is 0.0213. The van der Waals surface area contributed by atoms with Crippen LogP contribution in [0.25, 0.3) is 22.2 Å². The van der Waals surface area contributed by atoms with E-state index < -0.39 is 0 Å². The van der Waals surface area contributed by atoms with Crippen molar-refractivity contribution in [2.45, 2.75) is 52.2 Å². The highest BCUT2D eigenvalue weighted by atomic mass is 16.5. The van der Waals surface area contributed by atoms with Crippen LogP contribution in [0.15, 0.2) is 42.9 Å². The van der Waals surface area contributed by atoms with Crippen LogP contribution in [0.1, 0.15) is 44.4 Å². The van der Waals surface area contributed by atoms with E-state index in [0.717, 1.165) is 66.0 Å². The monoisotopic (exact) mass is 486 g/mol. The van der Waals surface area contributed by atoms with Gasteiger partial charge >= 0.3 is 0 Å². The zero-order chi connectivity index (χ0) is 25.3. The summed E-state index contributed by atoms with van der Waals surface area (Å²) in [6.07, 6.45) is 6.86. The molecule has 0 amide bonds. The van der Waals surface area contributed by atoms with Crippen LogP contribution in [-0.2, 0) is 11.3 Å². The van der Waals surface area contributed by atoms with Gasteiger partial charge in [0.15, 0.2) is 5.82 Å². The van der Waals surface area contributed by atoms with E-state index in [1.54, 1.807) is 13.3 Å². The van der Waals surface area contributed by atoms with Crippen LogP contribution in [0.2, 0.25) is 0 Å². The highest BCUT2D eigenvalue weighted by Crippen LogP contribution is 2.27. The number of pyridine rings is 2. The van der Waals surface area contributed by atoms with Gasteiger partial charge in [0.2, 0.25) is 0 Å². The van der Waals surface area contributed by atoms with Gasteiger partial charge in [0.05, 0.1) is 28.5 Å². The first kappa shape index (κ1) is 24.3. The Labute approximate surface area is 211 Å². The molecule has 1 fully saturated rings. The highest BCUT2D eigenvalue weighted by molar-refractivity contribution is 5.82. The number of nitrogens with zero attached hydrogens (tertiary/aromatic N) is 7. The number of hydrogen-bond acceptors (Lipinski definition) is 8. The SMILES string of the molecule is COC1(C)CN(CCCn2cc(-c3cnc4ccc(Nc5cc(C(C)C)cnn5)nc4c3)c(C)n2)C1. The van der Waals surface area contributed by atoms with E-state index in [1.807, 2.05) is 36.0 Å². The number of aryl methyl sites for hydroxylation is 2. The van der Waals surface area contributed by atoms with E-state index in [1.165, 1.54) is 0 Å². The lowest BCUT2D eigenvalue weighted by Gasteiger charge is -2.47. The predicted octanol–water partition coefficient (Wildman–Crippen LogP) is 4.57. The summed E-state index contributed by atoms with van der Waals surface area (Å²) in [5, 5.41) is 16.3. The van der Waals surface area contributed by atoms with Crippen LogP contribution in [-0.4, -0.2) is 67.2 Å². The Morgan fingerprint density at radius 2 is 1.92 bits per heavy atom. The van der Waals surface area contributed by atoms with Gasteiger partial charge in [-0.2, -0.15) is 10.2 Å². The minimum Gasteiger partial charge on any atom is -0.376 e. The molecule has 0 unspecified atom stereocenters. The fourth-order valence-corrected chi connectivity index (χ4v) is 4.67. The summed E-state index contributed by atoms with van der Waals surface area (Å²) in [7, 11) is 1.79. The molecule has 1 saturated heterocycles. The van der Waals surface area contributed by atoms with Crippen molar-refractivity contribution in [3.8, 4) is 11.1 Å². The van der Waals surface area contributed by atoms with Crippen LogP contribution in [0, 0.1) is 6.92 Å². The fourth-order valence-electron chi connectivity index (χ4n) is 4.67. The molecule has 5 heterocycles. The average Bonchev–Trinajstić information content (AvgIpc) is 3.22. The van der Waals surface area contributed by atoms with Gasteiger partial charge in [-0.1, -0.05) is 13.8 Å². The van der Waals surface area contributed by atoms with Crippen molar-refractivity contribution in [3.05, 3.63) is 54.1 Å². The number of hydrogen-bond donors (Lipinski definition) is 1. The fraction of sp³-hybridized carbons (Fsp3) is 0.444. The van der Waals surface area contributed by atoms with Crippen molar-refractivity contribution < 1.29 is 4.74 Å². The first-order valence-electron chi connectivity index (χ1n) is 12.5. The van der Waals surface area contributed by atoms with Gasteiger partial charge in [-0.3, -0.25) is 14.6 Å². The average molecular weight is 487 g/mol. The van der Waals surface area contributed by atoms with Crippen molar-refractivity contribution >= 4 is 22.7 Å². The molecule has 1 aliphatic heterocycles. The van der Waals surface area contributed by atoms with Crippen molar-refractivity contribution in [1.29, 1.82) is 0 Å². The first-order chi connectivity index (χ1) is 17.3. The number of anilines is 2. The Morgan fingerprint density at radius 1 is 1.08 bits per heavy atom. The second kappa shape index (κ2) is 9.91. The van der Waals surface area contributed by atoms with Gasteiger partial charge in [-0.15, -0.1) is 5.10 Å². The minimum atomic E-state index is 0.0213. The summed E-state index contributed by atoms with van der Waals surface area (Å²) in [6, 6.07) is 7.96. The van der Waals surface area contributed by atoms with E-state index in [0.29, 0.717) is 17.6 Å². The summed E-state index contributed by atoms with van der Waals surface area (Å²) >= 11 is 0. The number of ether oxygens (including phenoxy) is 1. The highest BCUT2D eigenvalue weighted by Gasteiger charge is 2.38. The van der Waals surface area contributed by atoms with Crippen molar-refractivity contribution in [2.24, 2.45) is 0 Å². The van der Waals surface area contributed by atoms with Crippen molar-refractivity contribution in [2.75, 3.05) is 32.1 Å². The molecule has 0 aromatic carbocycles. The van der Waals surface area contributed by atoms with Crippen LogP contribution in [0.4, 0.5) is 11.6 Å². The Bertz CT molecular complexity index is 1360. The van der Waals surface area contributed by atoms with Crippen LogP contribution in [0.3, 0.4) is 0 Å². The molecule has 0 aliphatic carbocycles. The second-order valence-corrected chi connectivity index (χ2v) is 10.2. The van der Waals surface area contributed by atoms with Crippen LogP contribution >= 0.6 is 0 Å². The number of aromatic nitrogens is 6. The number of nitrogens with one attached hydrogen (secondary N) is 1. The smallest absolute Gasteiger partial charge is 0.154 e. The summed E-state index contributed by atoms with van der Waals surface area (Å²) in [6.45, 7) is 12.4. The molecule has 9 heteroatoms. The summed E-state index contributed by atoms with van der Waals surface area (Å²) in [5.41, 5.74) is 5.89. The number of rotatable bonds is 9. The number of methoxy groups -OCH3 is 1. The lowest BCUT2D eigenvalue weighted by atomic mass is 9.96. The molecule has 0 bridgehead atoms. The van der Waals surface area contributed by atoms with Gasteiger partial charge in [0.25, 0.3) is 0 Å². The zero-order valence-electron chi connectivity index (χ0n) is 21.7.